The van der Waals surface area contributed by atoms with Crippen molar-refractivity contribution < 1.29 is 9.84 Å². The number of aromatic hydroxyl groups is 1. The molecule has 1 N–H and O–H groups in total. The number of aromatic nitrogens is 1. The highest BCUT2D eigenvalue weighted by molar-refractivity contribution is 9.10. The summed E-state index contributed by atoms with van der Waals surface area (Å²) in [5.41, 5.74) is 2.40. The molecule has 134 valence electrons. The lowest BCUT2D eigenvalue weighted by atomic mass is 9.94. The number of hydrogen-bond donors (Lipinski definition) is 1. The number of ether oxygens (including phenoxy) is 1. The van der Waals surface area contributed by atoms with Crippen molar-refractivity contribution in [3.63, 3.8) is 0 Å². The van der Waals surface area contributed by atoms with Crippen LogP contribution in [0.4, 0.5) is 0 Å². The fourth-order valence-electron chi connectivity index (χ4n) is 3.48. The van der Waals surface area contributed by atoms with Gasteiger partial charge in [0.05, 0.1) is 24.3 Å². The lowest BCUT2D eigenvalue weighted by Crippen LogP contribution is -2.39. The van der Waals surface area contributed by atoms with Gasteiger partial charge in [0.2, 0.25) is 0 Å². The fourth-order valence-corrected chi connectivity index (χ4v) is 4.02. The number of hydrogen-bond acceptors (Lipinski definition) is 4. The molecule has 1 aromatic heterocycles. The normalized spacial score (nSPS) is 16.7. The van der Waals surface area contributed by atoms with Gasteiger partial charge >= 0.3 is 0 Å². The Morgan fingerprint density at radius 3 is 2.62 bits per heavy atom. The van der Waals surface area contributed by atoms with Crippen molar-refractivity contribution in [2.24, 2.45) is 0 Å². The summed E-state index contributed by atoms with van der Waals surface area (Å²) in [6.07, 6.45) is 1.67. The Labute approximate surface area is 165 Å². The SMILES string of the molecule is Oc1c([C@@H](c2ccc(Br)cc2)N2CCOCC2)cc(Cl)c2cccnc12. The molecule has 0 radical (unpaired) electrons. The largest absolute Gasteiger partial charge is 0.505 e. The number of fused-ring (bicyclic) bond motifs is 1. The van der Waals surface area contributed by atoms with Crippen LogP contribution in [0.1, 0.15) is 17.2 Å². The molecule has 1 aliphatic rings. The molecule has 0 bridgehead atoms. The third-order valence-corrected chi connectivity index (χ3v) is 5.58. The second kappa shape index (κ2) is 7.53. The minimum atomic E-state index is -0.115. The Hall–Kier alpha value is -1.66. The molecule has 0 saturated carbocycles. The van der Waals surface area contributed by atoms with E-state index in [1.807, 2.05) is 30.3 Å². The number of phenolic OH excluding ortho intramolecular Hbond substituents is 1. The third kappa shape index (κ3) is 3.32. The summed E-state index contributed by atoms with van der Waals surface area (Å²) in [6, 6.07) is 13.6. The zero-order valence-corrected chi connectivity index (χ0v) is 16.4. The van der Waals surface area contributed by atoms with Crippen molar-refractivity contribution in [3.05, 3.63) is 69.3 Å². The van der Waals surface area contributed by atoms with Crippen LogP contribution in [-0.4, -0.2) is 41.3 Å². The van der Waals surface area contributed by atoms with E-state index in [0.717, 1.165) is 34.1 Å². The first-order valence-electron chi connectivity index (χ1n) is 8.48. The van der Waals surface area contributed by atoms with E-state index in [0.29, 0.717) is 23.8 Å². The lowest BCUT2D eigenvalue weighted by molar-refractivity contribution is 0.0236. The molecule has 0 aliphatic carbocycles. The first-order chi connectivity index (χ1) is 12.6. The van der Waals surface area contributed by atoms with Gasteiger partial charge in [0.1, 0.15) is 11.3 Å². The van der Waals surface area contributed by atoms with E-state index >= 15 is 0 Å². The summed E-state index contributed by atoms with van der Waals surface area (Å²) >= 11 is 10.0. The number of morpholine rings is 1. The molecule has 6 heteroatoms. The van der Waals surface area contributed by atoms with Crippen LogP contribution in [-0.2, 0) is 4.74 Å². The molecule has 4 nitrogen and oxygen atoms in total. The van der Waals surface area contributed by atoms with Gasteiger partial charge in [-0.1, -0.05) is 39.7 Å². The molecule has 0 spiro atoms. The maximum atomic E-state index is 11.0. The zero-order chi connectivity index (χ0) is 18.1. The van der Waals surface area contributed by atoms with E-state index in [9.17, 15) is 5.11 Å². The molecular formula is C20H18BrClN2O2. The van der Waals surface area contributed by atoms with Crippen LogP contribution in [0.3, 0.4) is 0 Å². The first kappa shape index (κ1) is 17.7. The van der Waals surface area contributed by atoms with Crippen molar-refractivity contribution in [1.29, 1.82) is 0 Å². The van der Waals surface area contributed by atoms with Gasteiger partial charge in [-0.2, -0.15) is 0 Å². The number of pyridine rings is 1. The molecular weight excluding hydrogens is 416 g/mol. The third-order valence-electron chi connectivity index (χ3n) is 4.74. The summed E-state index contributed by atoms with van der Waals surface area (Å²) in [5.74, 6) is 0.185. The van der Waals surface area contributed by atoms with E-state index in [1.54, 1.807) is 6.20 Å². The van der Waals surface area contributed by atoms with Gasteiger partial charge in [0.15, 0.2) is 0 Å². The van der Waals surface area contributed by atoms with E-state index in [2.05, 4.69) is 37.9 Å². The van der Waals surface area contributed by atoms with E-state index in [1.165, 1.54) is 0 Å². The molecule has 2 heterocycles. The van der Waals surface area contributed by atoms with Crippen molar-refractivity contribution in [1.82, 2.24) is 9.88 Å². The van der Waals surface area contributed by atoms with Crippen molar-refractivity contribution in [2.75, 3.05) is 26.3 Å². The fraction of sp³-hybridized carbons (Fsp3) is 0.250. The van der Waals surface area contributed by atoms with Gasteiger partial charge in [-0.25, -0.2) is 0 Å². The number of phenols is 1. The summed E-state index contributed by atoms with van der Waals surface area (Å²) in [6.45, 7) is 2.93. The van der Waals surface area contributed by atoms with Crippen LogP contribution in [0.2, 0.25) is 5.02 Å². The number of benzene rings is 2. The summed E-state index contributed by atoms with van der Waals surface area (Å²) in [4.78, 5) is 6.66. The molecule has 2 aromatic carbocycles. The lowest BCUT2D eigenvalue weighted by Gasteiger charge is -2.35. The average Bonchev–Trinajstić information content (AvgIpc) is 2.68. The van der Waals surface area contributed by atoms with Gasteiger partial charge in [-0.15, -0.1) is 0 Å². The van der Waals surface area contributed by atoms with Crippen LogP contribution in [0.15, 0.2) is 53.1 Å². The standard InChI is InChI=1S/C20H18BrClN2O2/c21-14-5-3-13(4-6-14)19(24-8-10-26-11-9-24)16-12-17(22)15-2-1-7-23-18(15)20(16)25/h1-7,12,19,25H,8-11H2/t19-/m1/s1. The van der Waals surface area contributed by atoms with Crippen molar-refractivity contribution in [2.45, 2.75) is 6.04 Å². The maximum absolute atomic E-state index is 11.0. The number of halogens is 2. The van der Waals surface area contributed by atoms with Crippen LogP contribution in [0.25, 0.3) is 10.9 Å². The molecule has 3 aromatic rings. The Morgan fingerprint density at radius 2 is 1.88 bits per heavy atom. The van der Waals surface area contributed by atoms with Crippen LogP contribution < -0.4 is 0 Å². The van der Waals surface area contributed by atoms with Crippen molar-refractivity contribution >= 4 is 38.4 Å². The summed E-state index contributed by atoms with van der Waals surface area (Å²) < 4.78 is 6.53. The number of nitrogens with zero attached hydrogens (tertiary/aromatic N) is 2. The smallest absolute Gasteiger partial charge is 0.147 e. The molecule has 1 fully saturated rings. The highest BCUT2D eigenvalue weighted by Crippen LogP contribution is 2.41. The second-order valence-corrected chi connectivity index (χ2v) is 7.62. The van der Waals surface area contributed by atoms with Crippen LogP contribution >= 0.6 is 27.5 Å². The Morgan fingerprint density at radius 1 is 1.15 bits per heavy atom. The predicted octanol–water partition coefficient (Wildman–Crippen LogP) is 4.78. The van der Waals surface area contributed by atoms with E-state index < -0.39 is 0 Å². The molecule has 0 unspecified atom stereocenters. The molecule has 0 amide bonds. The highest BCUT2D eigenvalue weighted by atomic mass is 79.9. The van der Waals surface area contributed by atoms with Gasteiger partial charge < -0.3 is 9.84 Å². The van der Waals surface area contributed by atoms with Crippen LogP contribution in [0.5, 0.6) is 5.75 Å². The molecule has 26 heavy (non-hydrogen) atoms. The Bertz CT molecular complexity index is 927. The molecule has 4 rings (SSSR count). The van der Waals surface area contributed by atoms with Crippen molar-refractivity contribution in [3.8, 4) is 5.75 Å². The van der Waals surface area contributed by atoms with Crippen LogP contribution in [0, 0.1) is 0 Å². The predicted molar refractivity (Wildman–Crippen MR) is 107 cm³/mol. The van der Waals surface area contributed by atoms with Gasteiger partial charge in [0, 0.05) is 34.7 Å². The van der Waals surface area contributed by atoms with E-state index in [4.69, 9.17) is 16.3 Å². The molecule has 1 aliphatic heterocycles. The maximum Gasteiger partial charge on any atom is 0.147 e. The second-order valence-electron chi connectivity index (χ2n) is 6.30. The van der Waals surface area contributed by atoms with Gasteiger partial charge in [-0.05, 0) is 35.9 Å². The van der Waals surface area contributed by atoms with Gasteiger partial charge in [-0.3, -0.25) is 9.88 Å². The van der Waals surface area contributed by atoms with Gasteiger partial charge in [0.25, 0.3) is 0 Å². The summed E-state index contributed by atoms with van der Waals surface area (Å²) in [7, 11) is 0. The van der Waals surface area contributed by atoms with E-state index in [-0.39, 0.29) is 11.8 Å². The molecule has 1 atom stereocenters. The zero-order valence-electron chi connectivity index (χ0n) is 14.0. The average molecular weight is 434 g/mol. The first-order valence-corrected chi connectivity index (χ1v) is 9.65. The molecule has 1 saturated heterocycles. The highest BCUT2D eigenvalue weighted by Gasteiger charge is 2.28. The minimum absolute atomic E-state index is 0.115. The number of rotatable bonds is 3. The monoisotopic (exact) mass is 432 g/mol. The Kier molecular flexibility index (Phi) is 5.14. The minimum Gasteiger partial charge on any atom is -0.505 e. The topological polar surface area (TPSA) is 45.6 Å². The quantitative estimate of drug-likeness (QED) is 0.646. The summed E-state index contributed by atoms with van der Waals surface area (Å²) in [5, 5.41) is 12.4. The Balaban J connectivity index is 1.89.